The summed E-state index contributed by atoms with van der Waals surface area (Å²) in [6.07, 6.45) is 1.90. The van der Waals surface area contributed by atoms with E-state index in [1.807, 2.05) is 29.9 Å². The second-order valence-corrected chi connectivity index (χ2v) is 7.70. The first-order chi connectivity index (χ1) is 13.1. The Morgan fingerprint density at radius 3 is 2.61 bits per heavy atom. The van der Waals surface area contributed by atoms with Crippen LogP contribution in [0.1, 0.15) is 33.8 Å². The minimum atomic E-state index is 0. The third kappa shape index (κ3) is 5.78. The van der Waals surface area contributed by atoms with E-state index in [0.29, 0.717) is 13.1 Å². The lowest BCUT2D eigenvalue weighted by Gasteiger charge is -2.12. The lowest BCUT2D eigenvalue weighted by atomic mass is 10.2. The number of guanidine groups is 1. The molecule has 28 heavy (non-hydrogen) atoms. The topological polar surface area (TPSA) is 67.1 Å². The van der Waals surface area contributed by atoms with Crippen molar-refractivity contribution in [3.8, 4) is 5.69 Å². The van der Waals surface area contributed by atoms with Crippen molar-refractivity contribution >= 4 is 41.3 Å². The quantitative estimate of drug-likeness (QED) is 0.298. The lowest BCUT2D eigenvalue weighted by molar-refractivity contribution is 0.798. The number of nitrogens with zero attached hydrogens (tertiary/aromatic N) is 4. The number of halogens is 1. The van der Waals surface area contributed by atoms with Crippen molar-refractivity contribution in [2.24, 2.45) is 4.99 Å². The molecule has 0 saturated heterocycles. The molecule has 0 amide bonds. The molecule has 0 fully saturated rings. The van der Waals surface area contributed by atoms with Crippen molar-refractivity contribution in [1.82, 2.24) is 25.4 Å². The molecule has 3 aromatic rings. The second kappa shape index (κ2) is 10.6. The zero-order chi connectivity index (χ0) is 19.2. The van der Waals surface area contributed by atoms with Gasteiger partial charge in [0.15, 0.2) is 5.96 Å². The molecule has 2 N–H and O–H groups in total. The number of aryl methyl sites for hydroxylation is 3. The SMILES string of the molecule is CCNC(=NCc1ccccc1-n1nc(C)cc1C)NCc1ncc(C)s1.I. The molecule has 0 saturated carbocycles. The first kappa shape index (κ1) is 22.4. The van der Waals surface area contributed by atoms with Crippen molar-refractivity contribution in [2.45, 2.75) is 40.8 Å². The molecule has 0 spiro atoms. The molecule has 1 aromatic carbocycles. The fourth-order valence-electron chi connectivity index (χ4n) is 2.87. The first-order valence-electron chi connectivity index (χ1n) is 9.12. The van der Waals surface area contributed by atoms with Gasteiger partial charge in [-0.15, -0.1) is 35.3 Å². The summed E-state index contributed by atoms with van der Waals surface area (Å²) in [6.45, 7) is 10.3. The van der Waals surface area contributed by atoms with Crippen LogP contribution in [0.4, 0.5) is 0 Å². The molecule has 0 radical (unpaired) electrons. The minimum absolute atomic E-state index is 0. The average Bonchev–Trinajstić information content (AvgIpc) is 3.22. The lowest BCUT2D eigenvalue weighted by Crippen LogP contribution is -2.36. The highest BCUT2D eigenvalue weighted by Crippen LogP contribution is 2.18. The van der Waals surface area contributed by atoms with Gasteiger partial charge in [0.05, 0.1) is 24.5 Å². The Hall–Kier alpha value is -1.94. The van der Waals surface area contributed by atoms with Gasteiger partial charge in [-0.2, -0.15) is 5.10 Å². The van der Waals surface area contributed by atoms with E-state index >= 15 is 0 Å². The van der Waals surface area contributed by atoms with Gasteiger partial charge in [-0.05, 0) is 45.4 Å². The molecule has 6 nitrogen and oxygen atoms in total. The van der Waals surface area contributed by atoms with E-state index in [1.165, 1.54) is 4.88 Å². The molecular formula is C20H27IN6S. The van der Waals surface area contributed by atoms with Crippen LogP contribution in [-0.4, -0.2) is 27.3 Å². The predicted octanol–water partition coefficient (Wildman–Crippen LogP) is 4.13. The van der Waals surface area contributed by atoms with Gasteiger partial charge >= 0.3 is 0 Å². The van der Waals surface area contributed by atoms with Gasteiger partial charge in [-0.3, -0.25) is 0 Å². The van der Waals surface area contributed by atoms with E-state index < -0.39 is 0 Å². The van der Waals surface area contributed by atoms with Crippen LogP contribution in [0.5, 0.6) is 0 Å². The summed E-state index contributed by atoms with van der Waals surface area (Å²) in [6, 6.07) is 10.3. The molecule has 2 heterocycles. The van der Waals surface area contributed by atoms with Crippen molar-refractivity contribution in [3.63, 3.8) is 0 Å². The third-order valence-electron chi connectivity index (χ3n) is 4.06. The van der Waals surface area contributed by atoms with Gasteiger partial charge in [-0.25, -0.2) is 14.7 Å². The number of aromatic nitrogens is 3. The highest BCUT2D eigenvalue weighted by Gasteiger charge is 2.09. The summed E-state index contributed by atoms with van der Waals surface area (Å²) in [4.78, 5) is 10.4. The number of nitrogens with one attached hydrogen (secondary N) is 2. The average molecular weight is 510 g/mol. The van der Waals surface area contributed by atoms with Crippen LogP contribution in [0.25, 0.3) is 5.69 Å². The first-order valence-corrected chi connectivity index (χ1v) is 9.93. The Morgan fingerprint density at radius 2 is 1.96 bits per heavy atom. The largest absolute Gasteiger partial charge is 0.357 e. The maximum Gasteiger partial charge on any atom is 0.191 e. The standard InChI is InChI=1S/C20H26N6S.HI/c1-5-21-20(24-13-19-22-11-16(4)27-19)23-12-17-8-6-7-9-18(17)26-15(3)10-14(2)25-26;/h6-11H,5,12-13H2,1-4H3,(H2,21,23,24);1H. The van der Waals surface area contributed by atoms with Gasteiger partial charge < -0.3 is 10.6 Å². The van der Waals surface area contributed by atoms with E-state index in [2.05, 4.69) is 59.7 Å². The maximum atomic E-state index is 4.76. The summed E-state index contributed by atoms with van der Waals surface area (Å²) in [5.41, 5.74) is 4.33. The Morgan fingerprint density at radius 1 is 1.18 bits per heavy atom. The molecule has 150 valence electrons. The highest BCUT2D eigenvalue weighted by molar-refractivity contribution is 14.0. The van der Waals surface area contributed by atoms with Crippen LogP contribution in [0.2, 0.25) is 0 Å². The van der Waals surface area contributed by atoms with Gasteiger partial charge in [0.2, 0.25) is 0 Å². The molecule has 3 rings (SSSR count). The van der Waals surface area contributed by atoms with Crippen LogP contribution >= 0.6 is 35.3 Å². The Bertz CT molecular complexity index is 930. The van der Waals surface area contributed by atoms with Crippen LogP contribution in [0.15, 0.2) is 41.5 Å². The number of hydrogen-bond acceptors (Lipinski definition) is 4. The van der Waals surface area contributed by atoms with Gasteiger partial charge in [0.1, 0.15) is 5.01 Å². The monoisotopic (exact) mass is 510 g/mol. The number of hydrogen-bond donors (Lipinski definition) is 2. The van der Waals surface area contributed by atoms with Crippen LogP contribution in [0, 0.1) is 20.8 Å². The highest BCUT2D eigenvalue weighted by atomic mass is 127. The van der Waals surface area contributed by atoms with Crippen molar-refractivity contribution in [3.05, 3.63) is 63.4 Å². The van der Waals surface area contributed by atoms with Crippen LogP contribution in [0.3, 0.4) is 0 Å². The maximum absolute atomic E-state index is 4.76. The Balaban J connectivity index is 0.00000280. The molecule has 8 heteroatoms. The molecule has 0 unspecified atom stereocenters. The van der Waals surface area contributed by atoms with Gasteiger partial charge in [0.25, 0.3) is 0 Å². The molecular weight excluding hydrogens is 483 g/mol. The van der Waals surface area contributed by atoms with E-state index in [9.17, 15) is 0 Å². The Kier molecular flexibility index (Phi) is 8.43. The van der Waals surface area contributed by atoms with E-state index in [1.54, 1.807) is 11.3 Å². The fraction of sp³-hybridized carbons (Fsp3) is 0.350. The van der Waals surface area contributed by atoms with E-state index in [0.717, 1.165) is 40.2 Å². The van der Waals surface area contributed by atoms with Gasteiger partial charge in [-0.1, -0.05) is 18.2 Å². The second-order valence-electron chi connectivity index (χ2n) is 6.38. The molecule has 0 atom stereocenters. The summed E-state index contributed by atoms with van der Waals surface area (Å²) >= 11 is 1.70. The number of thiazole rings is 1. The number of aliphatic imine (C=N–C) groups is 1. The van der Waals surface area contributed by atoms with Crippen molar-refractivity contribution in [1.29, 1.82) is 0 Å². The zero-order valence-electron chi connectivity index (χ0n) is 16.7. The predicted molar refractivity (Wildman–Crippen MR) is 127 cm³/mol. The summed E-state index contributed by atoms with van der Waals surface area (Å²) < 4.78 is 1.99. The van der Waals surface area contributed by atoms with E-state index in [-0.39, 0.29) is 24.0 Å². The molecule has 0 aliphatic carbocycles. The molecule has 0 aliphatic rings. The van der Waals surface area contributed by atoms with Crippen LogP contribution < -0.4 is 10.6 Å². The number of para-hydroxylation sites is 1. The zero-order valence-corrected chi connectivity index (χ0v) is 19.8. The summed E-state index contributed by atoms with van der Waals surface area (Å²) in [5.74, 6) is 0.786. The molecule has 0 aliphatic heterocycles. The smallest absolute Gasteiger partial charge is 0.191 e. The summed E-state index contributed by atoms with van der Waals surface area (Å²) in [7, 11) is 0. The number of rotatable bonds is 6. The Labute approximate surface area is 187 Å². The van der Waals surface area contributed by atoms with Gasteiger partial charge in [0, 0.05) is 23.3 Å². The number of benzene rings is 1. The van der Waals surface area contributed by atoms with E-state index in [4.69, 9.17) is 4.99 Å². The third-order valence-corrected chi connectivity index (χ3v) is 4.97. The molecule has 2 aromatic heterocycles. The fourth-order valence-corrected chi connectivity index (χ4v) is 3.60. The van der Waals surface area contributed by atoms with Crippen molar-refractivity contribution < 1.29 is 0 Å². The minimum Gasteiger partial charge on any atom is -0.357 e. The summed E-state index contributed by atoms with van der Waals surface area (Å²) in [5, 5.41) is 12.3. The van der Waals surface area contributed by atoms with Crippen molar-refractivity contribution in [2.75, 3.05) is 6.54 Å². The van der Waals surface area contributed by atoms with Crippen LogP contribution in [-0.2, 0) is 13.1 Å². The molecule has 0 bridgehead atoms. The normalized spacial score (nSPS) is 11.2.